The minimum atomic E-state index is -1.97. The standard InChI is InChI=1S/C23H38BrN5O5Si/c1-22(2,3)34-21(32)27(14-15-33-35(7,8)23(4,5)6)11-9-12-28(20(30)31)18-10-13-29-19(26-18)17(24)16-25-29/h10,13,16H,9,11-12,14-15H2,1-8H3,(H,30,31). The van der Waals surface area contributed by atoms with Crippen LogP contribution in [0.5, 0.6) is 0 Å². The number of fused-ring (bicyclic) bond motifs is 1. The second-order valence-corrected chi connectivity index (χ2v) is 16.6. The van der Waals surface area contributed by atoms with E-state index in [9.17, 15) is 14.7 Å². The van der Waals surface area contributed by atoms with Crippen LogP contribution < -0.4 is 4.90 Å². The van der Waals surface area contributed by atoms with E-state index in [-0.39, 0.29) is 17.4 Å². The Hall–Kier alpha value is -2.18. The maximum absolute atomic E-state index is 12.8. The van der Waals surface area contributed by atoms with Crippen molar-refractivity contribution in [2.24, 2.45) is 0 Å². The number of aromatic nitrogens is 3. The summed E-state index contributed by atoms with van der Waals surface area (Å²) in [4.78, 5) is 32.0. The van der Waals surface area contributed by atoms with Crippen LogP contribution in [0.2, 0.25) is 18.1 Å². The molecule has 0 saturated carbocycles. The lowest BCUT2D eigenvalue weighted by Crippen LogP contribution is -2.45. The van der Waals surface area contributed by atoms with E-state index in [2.05, 4.69) is 59.9 Å². The molecule has 196 valence electrons. The van der Waals surface area contributed by atoms with Gasteiger partial charge in [-0.05, 0) is 67.3 Å². The van der Waals surface area contributed by atoms with Gasteiger partial charge in [-0.15, -0.1) is 0 Å². The highest BCUT2D eigenvalue weighted by Crippen LogP contribution is 2.36. The van der Waals surface area contributed by atoms with E-state index < -0.39 is 26.1 Å². The van der Waals surface area contributed by atoms with Gasteiger partial charge in [0.1, 0.15) is 11.4 Å². The molecular formula is C23H38BrN5O5Si. The van der Waals surface area contributed by atoms with E-state index in [0.717, 1.165) is 0 Å². The van der Waals surface area contributed by atoms with Gasteiger partial charge in [0.25, 0.3) is 0 Å². The first kappa shape index (κ1) is 29.0. The van der Waals surface area contributed by atoms with Crippen LogP contribution in [0.3, 0.4) is 0 Å². The van der Waals surface area contributed by atoms with Gasteiger partial charge in [0.15, 0.2) is 14.0 Å². The van der Waals surface area contributed by atoms with Crippen molar-refractivity contribution in [2.45, 2.75) is 71.7 Å². The Balaban J connectivity index is 2.08. The first-order chi connectivity index (χ1) is 16.0. The van der Waals surface area contributed by atoms with Gasteiger partial charge in [0, 0.05) is 25.8 Å². The maximum Gasteiger partial charge on any atom is 0.413 e. The zero-order valence-corrected chi connectivity index (χ0v) is 24.5. The molecule has 0 radical (unpaired) electrons. The number of halogens is 1. The normalized spacial score (nSPS) is 12.6. The number of ether oxygens (including phenoxy) is 1. The van der Waals surface area contributed by atoms with E-state index in [4.69, 9.17) is 9.16 Å². The molecule has 0 fully saturated rings. The van der Waals surface area contributed by atoms with Crippen molar-refractivity contribution >= 4 is 47.9 Å². The summed E-state index contributed by atoms with van der Waals surface area (Å²) in [7, 11) is -1.97. The van der Waals surface area contributed by atoms with Crippen LogP contribution in [0.25, 0.3) is 5.65 Å². The van der Waals surface area contributed by atoms with Gasteiger partial charge in [0.2, 0.25) is 0 Å². The zero-order chi connectivity index (χ0) is 26.6. The average molecular weight is 573 g/mol. The molecule has 2 aromatic rings. The SMILES string of the molecule is CC(C)(C)OC(=O)N(CCCN(C(=O)O)c1ccn2ncc(Br)c2n1)CCO[Si](C)(C)C(C)(C)C. The van der Waals surface area contributed by atoms with E-state index >= 15 is 0 Å². The summed E-state index contributed by atoms with van der Waals surface area (Å²) in [5.41, 5.74) is -0.118. The van der Waals surface area contributed by atoms with Crippen molar-refractivity contribution in [2.75, 3.05) is 31.1 Å². The Kier molecular flexibility index (Phi) is 9.34. The third-order valence-corrected chi connectivity index (χ3v) is 11.0. The summed E-state index contributed by atoms with van der Waals surface area (Å²) in [6.45, 7) is 17.5. The summed E-state index contributed by atoms with van der Waals surface area (Å²) < 4.78 is 14.0. The second kappa shape index (κ2) is 11.3. The number of carbonyl (C=O) groups excluding carboxylic acids is 1. The topological polar surface area (TPSA) is 110 Å². The summed E-state index contributed by atoms with van der Waals surface area (Å²) in [5, 5.41) is 14.0. The molecule has 1 N–H and O–H groups in total. The number of rotatable bonds is 9. The molecule has 0 saturated heterocycles. The van der Waals surface area contributed by atoms with Crippen LogP contribution in [-0.4, -0.2) is 77.0 Å². The highest BCUT2D eigenvalue weighted by Gasteiger charge is 2.37. The molecule has 0 bridgehead atoms. The number of carboxylic acid groups (broad SMARTS) is 1. The summed E-state index contributed by atoms with van der Waals surface area (Å²) in [6.07, 6.45) is 2.09. The number of nitrogens with zero attached hydrogens (tertiary/aromatic N) is 5. The van der Waals surface area contributed by atoms with Gasteiger partial charge in [-0.25, -0.2) is 19.1 Å². The lowest BCUT2D eigenvalue weighted by molar-refractivity contribution is 0.0222. The van der Waals surface area contributed by atoms with Gasteiger partial charge >= 0.3 is 12.2 Å². The lowest BCUT2D eigenvalue weighted by Gasteiger charge is -2.37. The molecule has 2 heterocycles. The molecule has 0 aliphatic carbocycles. The largest absolute Gasteiger partial charge is 0.465 e. The predicted octanol–water partition coefficient (Wildman–Crippen LogP) is 5.63. The van der Waals surface area contributed by atoms with Crippen molar-refractivity contribution in [1.29, 1.82) is 0 Å². The lowest BCUT2D eigenvalue weighted by atomic mass is 10.2. The van der Waals surface area contributed by atoms with Crippen LogP contribution in [-0.2, 0) is 9.16 Å². The van der Waals surface area contributed by atoms with Gasteiger partial charge < -0.3 is 19.2 Å². The van der Waals surface area contributed by atoms with Crippen LogP contribution >= 0.6 is 15.9 Å². The minimum Gasteiger partial charge on any atom is -0.465 e. The molecule has 0 aliphatic rings. The van der Waals surface area contributed by atoms with Gasteiger partial charge in [-0.3, -0.25) is 4.90 Å². The van der Waals surface area contributed by atoms with Gasteiger partial charge in [0.05, 0.1) is 17.3 Å². The fourth-order valence-corrected chi connectivity index (χ4v) is 4.35. The van der Waals surface area contributed by atoms with Crippen molar-refractivity contribution in [3.8, 4) is 0 Å². The molecule has 2 aromatic heterocycles. The Morgan fingerprint density at radius 1 is 1.14 bits per heavy atom. The Labute approximate surface area is 216 Å². The minimum absolute atomic E-state index is 0.0599. The van der Waals surface area contributed by atoms with Crippen LogP contribution in [0.1, 0.15) is 48.0 Å². The van der Waals surface area contributed by atoms with Crippen LogP contribution in [0, 0.1) is 0 Å². The first-order valence-electron chi connectivity index (χ1n) is 11.6. The van der Waals surface area contributed by atoms with Gasteiger partial charge in [-0.1, -0.05) is 20.8 Å². The average Bonchev–Trinajstić information content (AvgIpc) is 3.07. The zero-order valence-electron chi connectivity index (χ0n) is 22.0. The second-order valence-electron chi connectivity index (χ2n) is 10.9. The highest BCUT2D eigenvalue weighted by molar-refractivity contribution is 9.10. The molecule has 0 unspecified atom stereocenters. The van der Waals surface area contributed by atoms with Crippen LogP contribution in [0.15, 0.2) is 22.9 Å². The van der Waals surface area contributed by atoms with Crippen molar-refractivity contribution in [3.05, 3.63) is 22.9 Å². The molecule has 0 spiro atoms. The Morgan fingerprint density at radius 3 is 2.37 bits per heavy atom. The van der Waals surface area contributed by atoms with E-state index in [1.165, 1.54) is 4.90 Å². The molecule has 2 rings (SSSR count). The summed E-state index contributed by atoms with van der Waals surface area (Å²) in [6, 6.07) is 1.60. The molecule has 0 atom stereocenters. The van der Waals surface area contributed by atoms with Crippen molar-refractivity contribution in [1.82, 2.24) is 19.5 Å². The van der Waals surface area contributed by atoms with Gasteiger partial charge in [-0.2, -0.15) is 5.10 Å². The van der Waals surface area contributed by atoms with Crippen molar-refractivity contribution in [3.63, 3.8) is 0 Å². The quantitative estimate of drug-likeness (QED) is 0.388. The third kappa shape index (κ3) is 8.18. The molecule has 2 amide bonds. The smallest absolute Gasteiger partial charge is 0.413 e. The van der Waals surface area contributed by atoms with E-state index in [1.807, 2.05) is 20.8 Å². The molecule has 35 heavy (non-hydrogen) atoms. The number of anilines is 1. The number of hydrogen-bond acceptors (Lipinski definition) is 6. The molecule has 0 aromatic carbocycles. The maximum atomic E-state index is 12.8. The Bertz CT molecular complexity index is 1030. The number of hydrogen-bond donors (Lipinski definition) is 1. The van der Waals surface area contributed by atoms with Crippen molar-refractivity contribution < 1.29 is 23.9 Å². The van der Waals surface area contributed by atoms with Crippen LogP contribution in [0.4, 0.5) is 15.4 Å². The monoisotopic (exact) mass is 571 g/mol. The summed E-state index contributed by atoms with van der Waals surface area (Å²) in [5.74, 6) is 0.288. The van der Waals surface area contributed by atoms with E-state index in [1.54, 1.807) is 27.9 Å². The molecular weight excluding hydrogens is 534 g/mol. The predicted molar refractivity (Wildman–Crippen MR) is 142 cm³/mol. The highest BCUT2D eigenvalue weighted by atomic mass is 79.9. The van der Waals surface area contributed by atoms with E-state index in [0.29, 0.717) is 36.2 Å². The number of amides is 2. The fourth-order valence-electron chi connectivity index (χ4n) is 2.96. The molecule has 0 aliphatic heterocycles. The molecule has 12 heteroatoms. The molecule has 10 nitrogen and oxygen atoms in total. The number of carbonyl (C=O) groups is 2. The first-order valence-corrected chi connectivity index (χ1v) is 15.3. The fraction of sp³-hybridized carbons (Fsp3) is 0.652. The third-order valence-electron chi connectivity index (χ3n) is 5.91. The Morgan fingerprint density at radius 2 is 1.80 bits per heavy atom. The summed E-state index contributed by atoms with van der Waals surface area (Å²) >= 11 is 3.37.